The summed E-state index contributed by atoms with van der Waals surface area (Å²) in [4.78, 5) is 22.7. The van der Waals surface area contributed by atoms with Crippen molar-refractivity contribution in [3.8, 4) is 0 Å². The fraction of sp³-hybridized carbons (Fsp3) is 0.467. The maximum absolute atomic E-state index is 12.0. The maximum atomic E-state index is 12.0. The molecule has 7 nitrogen and oxygen atoms in total. The highest BCUT2D eigenvalue weighted by Crippen LogP contribution is 2.10. The van der Waals surface area contributed by atoms with Gasteiger partial charge in [0.25, 0.3) is 0 Å². The normalized spacial score (nSPS) is 11.2. The first-order valence-electron chi connectivity index (χ1n) is 7.23. The van der Waals surface area contributed by atoms with E-state index in [4.69, 9.17) is 4.74 Å². The Labute approximate surface area is 136 Å². The Morgan fingerprint density at radius 1 is 1.13 bits per heavy atom. The van der Waals surface area contributed by atoms with Crippen molar-refractivity contribution >= 4 is 21.7 Å². The quantitative estimate of drug-likeness (QED) is 0.482. The fourth-order valence-corrected chi connectivity index (χ4v) is 2.82. The largest absolute Gasteiger partial charge is 0.385 e. The molecule has 8 heteroatoms. The van der Waals surface area contributed by atoms with E-state index in [0.29, 0.717) is 25.1 Å². The van der Waals surface area contributed by atoms with Crippen molar-refractivity contribution in [3.05, 3.63) is 29.8 Å². The molecular formula is C15H22N2O5S. The lowest BCUT2D eigenvalue weighted by Crippen LogP contribution is -2.31. The highest BCUT2D eigenvalue weighted by Gasteiger charge is 2.14. The SMILES string of the molecule is COCCCNC(=O)CCNS(=O)(=O)c1ccc(C(C)=O)cc1. The number of ketones is 1. The minimum Gasteiger partial charge on any atom is -0.385 e. The summed E-state index contributed by atoms with van der Waals surface area (Å²) in [5, 5.41) is 2.67. The number of Topliss-reactive ketones (excluding diaryl/α,β-unsaturated/α-hetero) is 1. The standard InChI is InChI=1S/C15H22N2O5S/c1-12(18)13-4-6-14(7-5-13)23(20,21)17-10-8-15(19)16-9-3-11-22-2/h4-7,17H,3,8-11H2,1-2H3,(H,16,19). The Hall–Kier alpha value is -1.77. The zero-order valence-corrected chi connectivity index (χ0v) is 14.1. The van der Waals surface area contributed by atoms with Crippen molar-refractivity contribution in [1.82, 2.24) is 10.0 Å². The lowest BCUT2D eigenvalue weighted by molar-refractivity contribution is -0.120. The van der Waals surface area contributed by atoms with Crippen LogP contribution in [0.1, 0.15) is 30.1 Å². The highest BCUT2D eigenvalue weighted by molar-refractivity contribution is 7.89. The summed E-state index contributed by atoms with van der Waals surface area (Å²) in [5.41, 5.74) is 0.444. The van der Waals surface area contributed by atoms with E-state index in [2.05, 4.69) is 10.0 Å². The lowest BCUT2D eigenvalue weighted by atomic mass is 10.2. The van der Waals surface area contributed by atoms with Crippen LogP contribution in [0.5, 0.6) is 0 Å². The third kappa shape index (κ3) is 6.89. The van der Waals surface area contributed by atoms with E-state index in [1.54, 1.807) is 7.11 Å². The molecule has 128 valence electrons. The molecule has 0 fully saturated rings. The number of hydrogen-bond donors (Lipinski definition) is 2. The molecule has 23 heavy (non-hydrogen) atoms. The van der Waals surface area contributed by atoms with Gasteiger partial charge in [-0.2, -0.15) is 0 Å². The van der Waals surface area contributed by atoms with Crippen molar-refractivity contribution in [2.24, 2.45) is 0 Å². The number of nitrogens with one attached hydrogen (secondary N) is 2. The molecule has 0 saturated carbocycles. The molecule has 0 bridgehead atoms. The molecule has 0 unspecified atom stereocenters. The number of rotatable bonds is 10. The summed E-state index contributed by atoms with van der Waals surface area (Å²) in [7, 11) is -2.11. The van der Waals surface area contributed by atoms with Gasteiger partial charge < -0.3 is 10.1 Å². The van der Waals surface area contributed by atoms with E-state index in [1.165, 1.54) is 31.2 Å². The first kappa shape index (κ1) is 19.3. The van der Waals surface area contributed by atoms with Gasteiger partial charge in [-0.05, 0) is 25.5 Å². The Bertz CT molecular complexity index is 626. The maximum Gasteiger partial charge on any atom is 0.240 e. The van der Waals surface area contributed by atoms with Crippen LogP contribution >= 0.6 is 0 Å². The smallest absolute Gasteiger partial charge is 0.240 e. The fourth-order valence-electron chi connectivity index (χ4n) is 1.78. The van der Waals surface area contributed by atoms with Gasteiger partial charge in [0.1, 0.15) is 0 Å². The van der Waals surface area contributed by atoms with Crippen LogP contribution in [0.2, 0.25) is 0 Å². The molecule has 0 aliphatic heterocycles. The van der Waals surface area contributed by atoms with E-state index >= 15 is 0 Å². The predicted molar refractivity (Wildman–Crippen MR) is 85.8 cm³/mol. The zero-order valence-electron chi connectivity index (χ0n) is 13.3. The Balaban J connectivity index is 2.43. The minimum absolute atomic E-state index is 0.00685. The third-order valence-electron chi connectivity index (χ3n) is 3.06. The number of methoxy groups -OCH3 is 1. The summed E-state index contributed by atoms with van der Waals surface area (Å²) in [6.45, 7) is 2.47. The molecule has 1 aromatic carbocycles. The van der Waals surface area contributed by atoms with E-state index < -0.39 is 10.0 Å². The molecule has 0 heterocycles. The van der Waals surface area contributed by atoms with E-state index in [0.717, 1.165) is 0 Å². The molecule has 1 aromatic rings. The minimum atomic E-state index is -3.69. The van der Waals surface area contributed by atoms with Crippen LogP contribution in [-0.2, 0) is 19.6 Å². The number of hydrogen-bond acceptors (Lipinski definition) is 5. The van der Waals surface area contributed by atoms with Gasteiger partial charge in [0.15, 0.2) is 5.78 Å². The monoisotopic (exact) mass is 342 g/mol. The Kier molecular flexibility index (Phi) is 7.87. The summed E-state index contributed by atoms with van der Waals surface area (Å²) in [5.74, 6) is -0.359. The average molecular weight is 342 g/mol. The summed E-state index contributed by atoms with van der Waals surface area (Å²) in [6, 6.07) is 5.65. The number of carbonyl (C=O) groups excluding carboxylic acids is 2. The molecule has 0 atom stereocenters. The van der Waals surface area contributed by atoms with Gasteiger partial charge in [0, 0.05) is 38.8 Å². The first-order valence-corrected chi connectivity index (χ1v) is 8.71. The van der Waals surface area contributed by atoms with Gasteiger partial charge in [-0.1, -0.05) is 12.1 Å². The molecule has 0 spiro atoms. The van der Waals surface area contributed by atoms with Crippen molar-refractivity contribution < 1.29 is 22.7 Å². The number of benzene rings is 1. The van der Waals surface area contributed by atoms with E-state index in [-0.39, 0.29) is 29.6 Å². The van der Waals surface area contributed by atoms with Gasteiger partial charge in [0.2, 0.25) is 15.9 Å². The second-order valence-corrected chi connectivity index (χ2v) is 6.69. The molecule has 1 amide bonds. The van der Waals surface area contributed by atoms with E-state index in [9.17, 15) is 18.0 Å². The number of ether oxygens (including phenoxy) is 1. The predicted octanol–water partition coefficient (Wildman–Crippen LogP) is 0.710. The second kappa shape index (κ2) is 9.39. The second-order valence-electron chi connectivity index (χ2n) is 4.92. The zero-order chi connectivity index (χ0) is 17.3. The van der Waals surface area contributed by atoms with Gasteiger partial charge in [-0.3, -0.25) is 9.59 Å². The molecule has 0 aromatic heterocycles. The molecule has 2 N–H and O–H groups in total. The Morgan fingerprint density at radius 2 is 1.78 bits per heavy atom. The average Bonchev–Trinajstić information content (AvgIpc) is 2.51. The number of sulfonamides is 1. The van der Waals surface area contributed by atoms with Crippen molar-refractivity contribution in [2.45, 2.75) is 24.7 Å². The van der Waals surface area contributed by atoms with Crippen molar-refractivity contribution in [2.75, 3.05) is 26.8 Å². The molecular weight excluding hydrogens is 320 g/mol. The first-order chi connectivity index (χ1) is 10.9. The molecule has 1 rings (SSSR count). The summed E-state index contributed by atoms with van der Waals surface area (Å²) in [6.07, 6.45) is 0.758. The van der Waals surface area contributed by atoms with Crippen molar-refractivity contribution in [3.63, 3.8) is 0 Å². The summed E-state index contributed by atoms with van der Waals surface area (Å²) >= 11 is 0. The van der Waals surface area contributed by atoms with Crippen LogP contribution in [0.3, 0.4) is 0 Å². The molecule has 0 radical (unpaired) electrons. The van der Waals surface area contributed by atoms with Crippen LogP contribution in [0.25, 0.3) is 0 Å². The molecule has 0 aliphatic rings. The lowest BCUT2D eigenvalue weighted by Gasteiger charge is -2.08. The van der Waals surface area contributed by atoms with Crippen LogP contribution < -0.4 is 10.0 Å². The van der Waals surface area contributed by atoms with E-state index in [1.807, 2.05) is 0 Å². The van der Waals surface area contributed by atoms with Gasteiger partial charge in [0.05, 0.1) is 4.90 Å². The van der Waals surface area contributed by atoms with Crippen LogP contribution in [-0.4, -0.2) is 46.9 Å². The topological polar surface area (TPSA) is 102 Å². The van der Waals surface area contributed by atoms with Crippen LogP contribution in [0.15, 0.2) is 29.2 Å². The Morgan fingerprint density at radius 3 is 2.35 bits per heavy atom. The van der Waals surface area contributed by atoms with Gasteiger partial charge in [-0.25, -0.2) is 13.1 Å². The van der Waals surface area contributed by atoms with Crippen molar-refractivity contribution in [1.29, 1.82) is 0 Å². The molecule has 0 aliphatic carbocycles. The number of carbonyl (C=O) groups is 2. The van der Waals surface area contributed by atoms with Gasteiger partial charge >= 0.3 is 0 Å². The highest BCUT2D eigenvalue weighted by atomic mass is 32.2. The van der Waals surface area contributed by atoms with Gasteiger partial charge in [-0.15, -0.1) is 0 Å². The number of amides is 1. The third-order valence-corrected chi connectivity index (χ3v) is 4.54. The van der Waals surface area contributed by atoms with Crippen LogP contribution in [0.4, 0.5) is 0 Å². The van der Waals surface area contributed by atoms with Crippen LogP contribution in [0, 0.1) is 0 Å². The molecule has 0 saturated heterocycles. The summed E-state index contributed by atoms with van der Waals surface area (Å²) < 4.78 is 31.3.